The van der Waals surface area contributed by atoms with Crippen molar-refractivity contribution >= 4 is 31.4 Å². The predicted molar refractivity (Wildman–Crippen MR) is 170 cm³/mol. The van der Waals surface area contributed by atoms with E-state index in [0.717, 1.165) is 12.3 Å². The Morgan fingerprint density at radius 3 is 2.51 bits per heavy atom. The number of halogens is 2. The number of rotatable bonds is 13. The van der Waals surface area contributed by atoms with Crippen LogP contribution in [0, 0.1) is 0 Å². The number of hydrogen-bond acceptors (Lipinski definition) is 13. The van der Waals surface area contributed by atoms with Crippen molar-refractivity contribution in [2.45, 2.75) is 63.4 Å². The number of ether oxygens (including phenoxy) is 4. The number of amides is 1. The maximum atomic E-state index is 15.3. The van der Waals surface area contributed by atoms with Gasteiger partial charge in [-0.2, -0.15) is 18.9 Å². The largest absolute Gasteiger partial charge is 0.485 e. The van der Waals surface area contributed by atoms with E-state index in [1.165, 1.54) is 37.3 Å². The van der Waals surface area contributed by atoms with Crippen molar-refractivity contribution in [2.24, 2.45) is 0 Å². The molecule has 20 heteroatoms. The van der Waals surface area contributed by atoms with Crippen LogP contribution in [0.5, 0.6) is 17.2 Å². The highest BCUT2D eigenvalue weighted by Crippen LogP contribution is 2.48. The van der Waals surface area contributed by atoms with E-state index >= 15 is 8.78 Å². The topological polar surface area (TPSA) is 223 Å². The summed E-state index contributed by atoms with van der Waals surface area (Å²) in [7, 11) is -4.53. The summed E-state index contributed by atoms with van der Waals surface area (Å²) in [5.41, 5.74) is -1.32. The zero-order chi connectivity index (χ0) is 37.1. The lowest BCUT2D eigenvalue weighted by molar-refractivity contribution is -0.149. The van der Waals surface area contributed by atoms with Gasteiger partial charge in [-0.15, -0.1) is 0 Å². The van der Waals surface area contributed by atoms with E-state index in [-0.39, 0.29) is 35.2 Å². The van der Waals surface area contributed by atoms with Crippen LogP contribution in [-0.4, -0.2) is 87.2 Å². The number of aliphatic hydroxyl groups excluding tert-OH is 1. The molecular weight excluding hydrogens is 705 g/mol. The molecule has 0 spiro atoms. The number of nitrogens with zero attached hydrogens (tertiary/aromatic N) is 2. The molecule has 1 fully saturated rings. The number of carboxylic acid groups (broad SMARTS) is 1. The van der Waals surface area contributed by atoms with Crippen molar-refractivity contribution in [1.29, 1.82) is 0 Å². The van der Waals surface area contributed by atoms with Crippen LogP contribution in [0.15, 0.2) is 65.6 Å². The summed E-state index contributed by atoms with van der Waals surface area (Å²) in [6, 6.07) is 11.3. The quantitative estimate of drug-likeness (QED) is 0.146. The Bertz CT molecular complexity index is 1880. The maximum Gasteiger partial charge on any atom is 0.459 e. The number of nitrogens with one attached hydrogen (secondary N) is 2. The number of aliphatic hydroxyl groups is 1. The highest BCUT2D eigenvalue weighted by molar-refractivity contribution is 7.52. The number of anilines is 1. The second-order valence-electron chi connectivity index (χ2n) is 11.6. The van der Waals surface area contributed by atoms with Crippen LogP contribution in [0.3, 0.4) is 0 Å². The molecule has 0 bridgehead atoms. The lowest BCUT2D eigenvalue weighted by Crippen LogP contribution is -2.42. The summed E-state index contributed by atoms with van der Waals surface area (Å²) in [5.74, 6) is -7.08. The molecule has 1 amide bonds. The van der Waals surface area contributed by atoms with Crippen LogP contribution in [0.1, 0.15) is 37.4 Å². The number of carbonyl (C=O) groups excluding carboxylic acids is 2. The first-order chi connectivity index (χ1) is 24.1. The summed E-state index contributed by atoms with van der Waals surface area (Å²) in [6.07, 6.45) is -7.78. The molecule has 274 valence electrons. The molecule has 1 saturated heterocycles. The fraction of sp³-hybridized carbons (Fsp3) is 0.387. The van der Waals surface area contributed by atoms with Gasteiger partial charge in [0.25, 0.3) is 5.91 Å². The van der Waals surface area contributed by atoms with Gasteiger partial charge in [0.1, 0.15) is 30.3 Å². The Labute approximate surface area is 288 Å². The summed E-state index contributed by atoms with van der Waals surface area (Å²) in [5, 5.41) is 24.4. The van der Waals surface area contributed by atoms with Crippen molar-refractivity contribution in [2.75, 3.05) is 18.5 Å². The number of hydrogen-bond donors (Lipinski definition) is 4. The Kier molecular flexibility index (Phi) is 11.1. The van der Waals surface area contributed by atoms with Gasteiger partial charge in [-0.3, -0.25) is 18.7 Å². The first kappa shape index (κ1) is 37.3. The summed E-state index contributed by atoms with van der Waals surface area (Å²) in [6.45, 7) is 3.33. The van der Waals surface area contributed by atoms with Crippen LogP contribution in [-0.2, 0) is 28.2 Å². The molecule has 3 unspecified atom stereocenters. The van der Waals surface area contributed by atoms with Crippen molar-refractivity contribution < 1.29 is 65.9 Å². The van der Waals surface area contributed by atoms with Crippen LogP contribution < -0.4 is 30.1 Å². The number of aliphatic carboxylic acids is 1. The minimum Gasteiger partial charge on any atom is -0.485 e. The lowest BCUT2D eigenvalue weighted by atomic mass is 10.1. The standard InChI is InChI=1S/C31H33F2N4O13P/c1-16(2)47-28(42)17(3)36-51(44,50-19-7-5-4-6-8-19)46-15-22-25(38)31(32,33)29(49-22)37-12-11-24(35-30(37)43)34-26(39)18-9-10-20-21(13-18)48-23(14-45-20)27(40)41/h4-13,16-17,22-23,25,29,38H,14-15H2,1-3H3,(H,36,44)(H,40,41)(H,34,35,39,43)/t17-,22-,23?,25-,29?,51?/m1/s1. The van der Waals surface area contributed by atoms with E-state index < -0.39 is 80.5 Å². The molecule has 2 aromatic carbocycles. The molecule has 0 radical (unpaired) electrons. The molecule has 2 aliphatic rings. The summed E-state index contributed by atoms with van der Waals surface area (Å²) < 4.78 is 76.7. The number of esters is 1. The normalized spacial score (nSPS) is 22.4. The number of benzene rings is 2. The van der Waals surface area contributed by atoms with E-state index in [2.05, 4.69) is 15.4 Å². The number of aromatic nitrogens is 2. The van der Waals surface area contributed by atoms with Crippen LogP contribution >= 0.6 is 7.75 Å². The molecular formula is C31H33F2N4O13P. The van der Waals surface area contributed by atoms with Crippen LogP contribution in [0.25, 0.3) is 0 Å². The molecule has 1 aromatic heterocycles. The van der Waals surface area contributed by atoms with Gasteiger partial charge < -0.3 is 39.0 Å². The highest BCUT2D eigenvalue weighted by Gasteiger charge is 2.60. The zero-order valence-corrected chi connectivity index (χ0v) is 28.0. The summed E-state index contributed by atoms with van der Waals surface area (Å²) >= 11 is 0. The molecule has 3 aromatic rings. The van der Waals surface area contributed by atoms with E-state index in [4.69, 9.17) is 33.1 Å². The SMILES string of the molecule is CC(C)OC(=O)[C@@H](C)NP(=O)(OC[C@H]1OC(n2ccc(NC(=O)c3ccc4c(c3)OC(C(=O)O)CO4)nc2=O)C(F)(F)[C@@H]1O)Oc1ccccc1. The minimum atomic E-state index is -4.53. The van der Waals surface area contributed by atoms with E-state index in [1.807, 2.05) is 0 Å². The van der Waals surface area contributed by atoms with Crippen molar-refractivity contribution in [3.63, 3.8) is 0 Å². The monoisotopic (exact) mass is 738 g/mol. The fourth-order valence-electron chi connectivity index (χ4n) is 4.80. The van der Waals surface area contributed by atoms with E-state index in [0.29, 0.717) is 4.57 Å². The van der Waals surface area contributed by atoms with Gasteiger partial charge in [0, 0.05) is 11.8 Å². The Morgan fingerprint density at radius 1 is 1.12 bits per heavy atom. The molecule has 0 aliphatic carbocycles. The van der Waals surface area contributed by atoms with E-state index in [1.54, 1.807) is 32.0 Å². The molecule has 17 nitrogen and oxygen atoms in total. The number of alkyl halides is 2. The minimum absolute atomic E-state index is 0.00992. The van der Waals surface area contributed by atoms with Gasteiger partial charge in [-0.1, -0.05) is 18.2 Å². The number of para-hydroxylation sites is 1. The average Bonchev–Trinajstić information content (AvgIpc) is 3.30. The first-order valence-corrected chi connectivity index (χ1v) is 16.9. The molecule has 0 saturated carbocycles. The number of carbonyl (C=O) groups is 3. The third-order valence-corrected chi connectivity index (χ3v) is 8.92. The Balaban J connectivity index is 1.28. The second-order valence-corrected chi connectivity index (χ2v) is 13.2. The van der Waals surface area contributed by atoms with Gasteiger partial charge in [-0.05, 0) is 57.2 Å². The third kappa shape index (κ3) is 8.69. The molecule has 6 atom stereocenters. The fourth-order valence-corrected chi connectivity index (χ4v) is 6.30. The smallest absolute Gasteiger partial charge is 0.459 e. The van der Waals surface area contributed by atoms with E-state index in [9.17, 15) is 28.8 Å². The van der Waals surface area contributed by atoms with Crippen LogP contribution in [0.4, 0.5) is 14.6 Å². The first-order valence-electron chi connectivity index (χ1n) is 15.3. The third-order valence-electron chi connectivity index (χ3n) is 7.28. The van der Waals surface area contributed by atoms with Gasteiger partial charge in [0.15, 0.2) is 17.6 Å². The van der Waals surface area contributed by atoms with Gasteiger partial charge >= 0.3 is 31.3 Å². The molecule has 5 rings (SSSR count). The van der Waals surface area contributed by atoms with Gasteiger partial charge in [-0.25, -0.2) is 14.2 Å². The van der Waals surface area contributed by atoms with Crippen molar-refractivity contribution in [1.82, 2.24) is 14.6 Å². The van der Waals surface area contributed by atoms with Crippen LogP contribution in [0.2, 0.25) is 0 Å². The molecule has 2 aliphatic heterocycles. The number of carboxylic acids is 1. The lowest BCUT2D eigenvalue weighted by Gasteiger charge is -2.25. The predicted octanol–water partition coefficient (Wildman–Crippen LogP) is 2.75. The van der Waals surface area contributed by atoms with Crippen molar-refractivity contribution in [3.05, 3.63) is 76.8 Å². The van der Waals surface area contributed by atoms with Gasteiger partial charge in [0.05, 0.1) is 12.7 Å². The molecule has 4 N–H and O–H groups in total. The zero-order valence-electron chi connectivity index (χ0n) is 27.1. The Morgan fingerprint density at radius 2 is 1.84 bits per heavy atom. The van der Waals surface area contributed by atoms with Gasteiger partial charge in [0.2, 0.25) is 12.3 Å². The summed E-state index contributed by atoms with van der Waals surface area (Å²) in [4.78, 5) is 53.0. The molecule has 3 heterocycles. The second kappa shape index (κ2) is 15.1. The maximum absolute atomic E-state index is 15.3. The Hall–Kier alpha value is -4.94. The van der Waals surface area contributed by atoms with Crippen molar-refractivity contribution in [3.8, 4) is 17.2 Å². The highest BCUT2D eigenvalue weighted by atomic mass is 31.2. The number of fused-ring (bicyclic) bond motifs is 1. The average molecular weight is 739 g/mol. The molecule has 51 heavy (non-hydrogen) atoms.